The molecule has 0 spiro atoms. The highest BCUT2D eigenvalue weighted by molar-refractivity contribution is 5.81. The molecule has 1 radical (unpaired) electrons. The first-order valence-corrected chi connectivity index (χ1v) is 10.1. The van der Waals surface area contributed by atoms with Crippen LogP contribution in [0.1, 0.15) is 33.4 Å². The smallest absolute Gasteiger partial charge is 0.00930 e. The van der Waals surface area contributed by atoms with Crippen LogP contribution in [0.25, 0.3) is 36.5 Å². The third kappa shape index (κ3) is 5.56. The molecule has 4 rings (SSSR count). The van der Waals surface area contributed by atoms with Crippen LogP contribution < -0.4 is 0 Å². The van der Waals surface area contributed by atoms with Gasteiger partial charge in [0.1, 0.15) is 0 Å². The SMILES string of the molecule is [c]1cc(C=Cc2ccccc2)cc(C=Cc2ccccc2)c1C=Cc1ccccc1. The molecule has 0 nitrogen and oxygen atoms in total. The van der Waals surface area contributed by atoms with E-state index in [1.165, 1.54) is 16.7 Å². The minimum atomic E-state index is 1.07. The highest BCUT2D eigenvalue weighted by Crippen LogP contribution is 2.20. The maximum Gasteiger partial charge on any atom is -0.00930 e. The number of benzene rings is 4. The summed E-state index contributed by atoms with van der Waals surface area (Å²) in [6.45, 7) is 0. The molecule has 0 N–H and O–H groups in total. The van der Waals surface area contributed by atoms with Crippen molar-refractivity contribution in [3.8, 4) is 0 Å². The zero-order valence-corrected chi connectivity index (χ0v) is 16.8. The van der Waals surface area contributed by atoms with Crippen molar-refractivity contribution in [2.24, 2.45) is 0 Å². The van der Waals surface area contributed by atoms with Gasteiger partial charge >= 0.3 is 0 Å². The molecular formula is C30H23. The van der Waals surface area contributed by atoms with Crippen LogP contribution >= 0.6 is 0 Å². The van der Waals surface area contributed by atoms with Crippen LogP contribution in [0.2, 0.25) is 0 Å². The summed E-state index contributed by atoms with van der Waals surface area (Å²) >= 11 is 0. The lowest BCUT2D eigenvalue weighted by molar-refractivity contribution is 1.56. The molecule has 0 aliphatic heterocycles. The van der Waals surface area contributed by atoms with Crippen molar-refractivity contribution in [3.05, 3.63) is 143 Å². The Morgan fingerprint density at radius 3 is 1.40 bits per heavy atom. The average Bonchev–Trinajstić information content (AvgIpc) is 2.82. The van der Waals surface area contributed by atoms with Crippen LogP contribution in [0.5, 0.6) is 0 Å². The molecule has 0 aliphatic rings. The van der Waals surface area contributed by atoms with Gasteiger partial charge in [-0.05, 0) is 51.6 Å². The lowest BCUT2D eigenvalue weighted by Crippen LogP contribution is -1.84. The Bertz CT molecular complexity index is 1150. The molecule has 4 aromatic carbocycles. The fraction of sp³-hybridized carbons (Fsp3) is 0. The zero-order chi connectivity index (χ0) is 20.4. The summed E-state index contributed by atoms with van der Waals surface area (Å²) < 4.78 is 0. The Morgan fingerprint density at radius 1 is 0.433 bits per heavy atom. The first-order chi connectivity index (χ1) is 14.9. The van der Waals surface area contributed by atoms with Gasteiger partial charge in [0.2, 0.25) is 0 Å². The molecule has 0 heterocycles. The van der Waals surface area contributed by atoms with Crippen LogP contribution in [0.3, 0.4) is 0 Å². The van der Waals surface area contributed by atoms with Gasteiger partial charge in [-0.15, -0.1) is 0 Å². The van der Waals surface area contributed by atoms with E-state index in [9.17, 15) is 0 Å². The third-order valence-corrected chi connectivity index (χ3v) is 4.79. The standard InChI is InChI=1S/C30H23/c1-4-10-25(11-5-1)16-17-28-20-22-29(21-18-26-12-6-2-7-13-26)30(24-28)23-19-27-14-8-3-9-15-27/h1-21,23-24H. The Morgan fingerprint density at radius 2 is 0.867 bits per heavy atom. The first kappa shape index (κ1) is 19.4. The van der Waals surface area contributed by atoms with Gasteiger partial charge in [-0.2, -0.15) is 0 Å². The predicted octanol–water partition coefficient (Wildman–Crippen LogP) is 8.00. The molecule has 0 unspecified atom stereocenters. The minimum absolute atomic E-state index is 1.07. The van der Waals surface area contributed by atoms with Gasteiger partial charge in [0.05, 0.1) is 0 Å². The molecule has 0 saturated carbocycles. The predicted molar refractivity (Wildman–Crippen MR) is 131 cm³/mol. The van der Waals surface area contributed by atoms with Crippen molar-refractivity contribution < 1.29 is 0 Å². The van der Waals surface area contributed by atoms with Crippen LogP contribution in [-0.4, -0.2) is 0 Å². The lowest BCUT2D eigenvalue weighted by Gasteiger charge is -2.04. The van der Waals surface area contributed by atoms with Gasteiger partial charge in [-0.25, -0.2) is 0 Å². The van der Waals surface area contributed by atoms with Crippen LogP contribution in [0.15, 0.2) is 103 Å². The Labute approximate surface area is 179 Å². The molecule has 0 aliphatic carbocycles. The molecule has 143 valence electrons. The largest absolute Gasteiger partial charge is 0.0622 e. The van der Waals surface area contributed by atoms with Crippen LogP contribution in [-0.2, 0) is 0 Å². The lowest BCUT2D eigenvalue weighted by atomic mass is 10.0. The second kappa shape index (κ2) is 10.0. The quantitative estimate of drug-likeness (QED) is 0.296. The van der Waals surface area contributed by atoms with E-state index in [1.807, 2.05) is 24.3 Å². The fourth-order valence-electron chi connectivity index (χ4n) is 3.17. The van der Waals surface area contributed by atoms with Gasteiger partial charge in [-0.3, -0.25) is 0 Å². The van der Waals surface area contributed by atoms with Crippen molar-refractivity contribution in [1.82, 2.24) is 0 Å². The normalized spacial score (nSPS) is 11.6. The van der Waals surface area contributed by atoms with E-state index in [4.69, 9.17) is 0 Å². The summed E-state index contributed by atoms with van der Waals surface area (Å²) in [7, 11) is 0. The van der Waals surface area contributed by atoms with Gasteiger partial charge in [0, 0.05) is 0 Å². The van der Waals surface area contributed by atoms with Gasteiger partial charge in [0.25, 0.3) is 0 Å². The molecule has 0 saturated heterocycles. The number of rotatable bonds is 6. The maximum absolute atomic E-state index is 3.46. The monoisotopic (exact) mass is 383 g/mol. The molecule has 0 atom stereocenters. The first-order valence-electron chi connectivity index (χ1n) is 10.1. The van der Waals surface area contributed by atoms with E-state index in [1.54, 1.807) is 0 Å². The summed E-state index contributed by atoms with van der Waals surface area (Å²) in [5, 5.41) is 0. The molecule has 0 fully saturated rings. The summed E-state index contributed by atoms with van der Waals surface area (Å²) in [6, 6.07) is 38.8. The van der Waals surface area contributed by atoms with Crippen molar-refractivity contribution >= 4 is 36.5 Å². The zero-order valence-electron chi connectivity index (χ0n) is 16.8. The maximum atomic E-state index is 3.46. The van der Waals surface area contributed by atoms with Gasteiger partial charge in [0.15, 0.2) is 0 Å². The highest BCUT2D eigenvalue weighted by Gasteiger charge is 1.99. The Kier molecular flexibility index (Phi) is 6.50. The van der Waals surface area contributed by atoms with E-state index in [2.05, 4.69) is 121 Å². The van der Waals surface area contributed by atoms with Crippen molar-refractivity contribution in [2.75, 3.05) is 0 Å². The van der Waals surface area contributed by atoms with Crippen molar-refractivity contribution in [3.63, 3.8) is 0 Å². The van der Waals surface area contributed by atoms with Crippen LogP contribution in [0.4, 0.5) is 0 Å². The number of hydrogen-bond acceptors (Lipinski definition) is 0. The molecule has 0 bridgehead atoms. The second-order valence-corrected chi connectivity index (χ2v) is 7.03. The van der Waals surface area contributed by atoms with E-state index >= 15 is 0 Å². The van der Waals surface area contributed by atoms with Crippen molar-refractivity contribution in [1.29, 1.82) is 0 Å². The summed E-state index contributed by atoms with van der Waals surface area (Å²) in [4.78, 5) is 0. The van der Waals surface area contributed by atoms with E-state index in [0.717, 1.165) is 16.7 Å². The molecule has 0 amide bonds. The number of hydrogen-bond donors (Lipinski definition) is 0. The second-order valence-electron chi connectivity index (χ2n) is 7.03. The fourth-order valence-corrected chi connectivity index (χ4v) is 3.17. The molecular weight excluding hydrogens is 360 g/mol. The minimum Gasteiger partial charge on any atom is -0.0622 e. The summed E-state index contributed by atoms with van der Waals surface area (Å²) in [5.74, 6) is 0. The Balaban J connectivity index is 1.65. The molecule has 30 heavy (non-hydrogen) atoms. The molecule has 0 heteroatoms. The average molecular weight is 384 g/mol. The molecule has 0 aromatic heterocycles. The third-order valence-electron chi connectivity index (χ3n) is 4.79. The topological polar surface area (TPSA) is 0 Å². The van der Waals surface area contributed by atoms with Gasteiger partial charge < -0.3 is 0 Å². The Hall–Kier alpha value is -3.90. The van der Waals surface area contributed by atoms with E-state index in [0.29, 0.717) is 0 Å². The summed E-state index contributed by atoms with van der Waals surface area (Å²) in [5.41, 5.74) is 6.89. The van der Waals surface area contributed by atoms with E-state index < -0.39 is 0 Å². The van der Waals surface area contributed by atoms with Gasteiger partial charge in [-0.1, -0.05) is 127 Å². The van der Waals surface area contributed by atoms with Crippen LogP contribution in [0, 0.1) is 6.07 Å². The van der Waals surface area contributed by atoms with Crippen molar-refractivity contribution in [2.45, 2.75) is 0 Å². The summed E-state index contributed by atoms with van der Waals surface area (Å²) in [6.07, 6.45) is 12.8. The van der Waals surface area contributed by atoms with E-state index in [-0.39, 0.29) is 0 Å². The molecule has 4 aromatic rings. The highest BCUT2D eigenvalue weighted by atomic mass is 14.0.